The van der Waals surface area contributed by atoms with Crippen LogP contribution in [0.5, 0.6) is 5.75 Å². The summed E-state index contributed by atoms with van der Waals surface area (Å²) in [4.78, 5) is 12.0. The first kappa shape index (κ1) is 25.4. The monoisotopic (exact) mass is 514 g/mol. The Labute approximate surface area is 187 Å². The molecule has 0 bridgehead atoms. The number of ether oxygens (including phenoxy) is 1. The van der Waals surface area contributed by atoms with Gasteiger partial charge >= 0.3 is 11.6 Å². The molecule has 178 valence electrons. The maximum Gasteiger partial charge on any atom is 0.353 e. The molecule has 0 saturated carbocycles. The number of rotatable bonds is 8. The van der Waals surface area contributed by atoms with E-state index in [2.05, 4.69) is 4.74 Å². The summed E-state index contributed by atoms with van der Waals surface area (Å²) in [7, 11) is -2.60. The predicted octanol–water partition coefficient (Wildman–Crippen LogP) is 7.25. The molecule has 0 unspecified atom stereocenters. The zero-order valence-electron chi connectivity index (χ0n) is 16.9. The lowest BCUT2D eigenvalue weighted by Gasteiger charge is -2.25. The number of alkyl halides is 2. The van der Waals surface area contributed by atoms with E-state index in [0.717, 1.165) is 18.2 Å². The molecule has 0 radical (unpaired) electrons. The highest BCUT2D eigenvalue weighted by Gasteiger charge is 2.45. The zero-order valence-corrected chi connectivity index (χ0v) is 18.6. The fourth-order valence-electron chi connectivity index (χ4n) is 2.69. The Hall–Kier alpha value is -2.27. The number of fused-ring (bicyclic) bond motifs is 1. The number of hydrogen-bond donors (Lipinski definition) is 0. The minimum absolute atomic E-state index is 0.00429. The molecular formula is C20H14F7O4PS. The van der Waals surface area contributed by atoms with Gasteiger partial charge in [0.2, 0.25) is 34.8 Å². The molecule has 3 aromatic rings. The lowest BCUT2D eigenvalue weighted by molar-refractivity contribution is 0.0571. The van der Waals surface area contributed by atoms with Crippen LogP contribution in [0.2, 0.25) is 0 Å². The van der Waals surface area contributed by atoms with Crippen LogP contribution in [0.1, 0.15) is 29.1 Å². The van der Waals surface area contributed by atoms with Gasteiger partial charge in [-0.25, -0.2) is 18.0 Å². The Morgan fingerprint density at radius 3 is 2.00 bits per heavy atom. The van der Waals surface area contributed by atoms with Crippen molar-refractivity contribution in [2.75, 3.05) is 13.2 Å². The Balaban J connectivity index is 1.93. The van der Waals surface area contributed by atoms with Crippen LogP contribution in [0.3, 0.4) is 0 Å². The second-order valence-corrected chi connectivity index (χ2v) is 8.96. The number of carbonyl (C=O) groups is 1. The van der Waals surface area contributed by atoms with Gasteiger partial charge in [-0.05, 0) is 37.4 Å². The van der Waals surface area contributed by atoms with Gasteiger partial charge in [-0.2, -0.15) is 17.6 Å². The molecule has 0 aliphatic rings. The molecule has 1 heterocycles. The highest BCUT2D eigenvalue weighted by molar-refractivity contribution is 7.48. The molecule has 33 heavy (non-hydrogen) atoms. The second-order valence-electron chi connectivity index (χ2n) is 6.29. The molecule has 0 aliphatic carbocycles. The van der Waals surface area contributed by atoms with E-state index in [1.165, 1.54) is 19.9 Å². The van der Waals surface area contributed by atoms with Gasteiger partial charge < -0.3 is 13.8 Å². The molecule has 0 spiro atoms. The lowest BCUT2D eigenvalue weighted by Crippen LogP contribution is -2.14. The molecule has 1 aromatic heterocycles. The van der Waals surface area contributed by atoms with Crippen molar-refractivity contribution in [3.8, 4) is 5.75 Å². The number of benzene rings is 2. The van der Waals surface area contributed by atoms with Gasteiger partial charge in [-0.15, -0.1) is 11.3 Å². The normalized spacial score (nSPS) is 12.1. The SMILES string of the molecule is CCOP(OCC)C(F)(F)c1ccc2sc(C(=O)Oc3c(F)c(F)c(F)c(F)c3F)cc2c1. The van der Waals surface area contributed by atoms with Crippen molar-refractivity contribution in [2.45, 2.75) is 19.5 Å². The summed E-state index contributed by atoms with van der Waals surface area (Å²) < 4.78 is 112. The van der Waals surface area contributed by atoms with Crippen LogP contribution in [-0.2, 0) is 14.7 Å². The van der Waals surface area contributed by atoms with Crippen molar-refractivity contribution in [3.05, 3.63) is 63.8 Å². The van der Waals surface area contributed by atoms with Crippen molar-refractivity contribution in [2.24, 2.45) is 0 Å². The standard InChI is InChI=1S/C20H14F7O4PS/c1-3-29-32(30-4-2)20(26,27)10-5-6-11-9(7-10)8-12(33-11)19(28)31-18-16(24)14(22)13(21)15(23)17(18)25/h5-8H,3-4H2,1-2H3. The molecule has 0 aliphatic heterocycles. The third-order valence-electron chi connectivity index (χ3n) is 4.15. The molecule has 3 rings (SSSR count). The largest absolute Gasteiger partial charge is 0.416 e. The highest BCUT2D eigenvalue weighted by Crippen LogP contribution is 2.60. The van der Waals surface area contributed by atoms with Gasteiger partial charge in [0, 0.05) is 10.3 Å². The van der Waals surface area contributed by atoms with Gasteiger partial charge in [0.15, 0.2) is 0 Å². The van der Waals surface area contributed by atoms with Crippen LogP contribution >= 0.6 is 19.7 Å². The molecule has 0 amide bonds. The number of esters is 1. The van der Waals surface area contributed by atoms with Gasteiger partial charge in [0.25, 0.3) is 8.38 Å². The van der Waals surface area contributed by atoms with Crippen LogP contribution in [-0.4, -0.2) is 19.2 Å². The number of hydrogen-bond acceptors (Lipinski definition) is 5. The van der Waals surface area contributed by atoms with Gasteiger partial charge in [0.05, 0.1) is 13.2 Å². The van der Waals surface area contributed by atoms with Crippen molar-refractivity contribution in [3.63, 3.8) is 0 Å². The Bertz CT molecular complexity index is 1170. The molecule has 0 N–H and O–H groups in total. The number of thiophene rings is 1. The summed E-state index contributed by atoms with van der Waals surface area (Å²) in [6.45, 7) is 3.06. The molecular weight excluding hydrogens is 500 g/mol. The summed E-state index contributed by atoms with van der Waals surface area (Å²) in [6, 6.07) is 4.56. The molecule has 0 atom stereocenters. The quantitative estimate of drug-likeness (QED) is 0.0794. The van der Waals surface area contributed by atoms with Crippen LogP contribution in [0, 0.1) is 29.1 Å². The Morgan fingerprint density at radius 1 is 0.909 bits per heavy atom. The number of halogens is 7. The summed E-state index contributed by atoms with van der Waals surface area (Å²) >= 11 is 0.713. The third-order valence-corrected chi connectivity index (χ3v) is 6.95. The first-order valence-electron chi connectivity index (χ1n) is 9.24. The molecule has 2 aromatic carbocycles. The zero-order chi connectivity index (χ0) is 24.5. The van der Waals surface area contributed by atoms with Gasteiger partial charge in [-0.3, -0.25) is 0 Å². The minimum atomic E-state index is -3.49. The maximum atomic E-state index is 14.9. The third kappa shape index (κ3) is 4.84. The average Bonchev–Trinajstić information content (AvgIpc) is 3.22. The van der Waals surface area contributed by atoms with Gasteiger partial charge in [-0.1, -0.05) is 6.07 Å². The minimum Gasteiger partial charge on any atom is -0.416 e. The van der Waals surface area contributed by atoms with Crippen molar-refractivity contribution < 1.29 is 49.3 Å². The van der Waals surface area contributed by atoms with E-state index in [0.29, 0.717) is 16.0 Å². The summed E-state index contributed by atoms with van der Waals surface area (Å²) in [5, 5.41) is 0.157. The lowest BCUT2D eigenvalue weighted by atomic mass is 10.1. The first-order valence-corrected chi connectivity index (χ1v) is 11.2. The molecule has 13 heteroatoms. The predicted molar refractivity (Wildman–Crippen MR) is 107 cm³/mol. The summed E-state index contributed by atoms with van der Waals surface area (Å²) in [5.74, 6) is -14.8. The molecule has 0 fully saturated rings. The summed E-state index contributed by atoms with van der Waals surface area (Å²) in [5.41, 5.74) is -3.95. The highest BCUT2D eigenvalue weighted by atomic mass is 32.1. The van der Waals surface area contributed by atoms with Crippen LogP contribution < -0.4 is 4.74 Å². The molecule has 0 saturated heterocycles. The molecule has 4 nitrogen and oxygen atoms in total. The second kappa shape index (κ2) is 9.92. The number of carbonyl (C=O) groups excluding carboxylic acids is 1. The topological polar surface area (TPSA) is 44.8 Å². The maximum absolute atomic E-state index is 14.9. The van der Waals surface area contributed by atoms with Crippen molar-refractivity contribution in [1.29, 1.82) is 0 Å². The van der Waals surface area contributed by atoms with E-state index in [1.54, 1.807) is 0 Å². The van der Waals surface area contributed by atoms with Crippen molar-refractivity contribution in [1.82, 2.24) is 0 Å². The van der Waals surface area contributed by atoms with E-state index in [-0.39, 0.29) is 23.5 Å². The van der Waals surface area contributed by atoms with E-state index in [1.807, 2.05) is 0 Å². The van der Waals surface area contributed by atoms with Crippen LogP contribution in [0.25, 0.3) is 10.1 Å². The average molecular weight is 514 g/mol. The first-order chi connectivity index (χ1) is 15.5. The van der Waals surface area contributed by atoms with E-state index in [9.17, 15) is 35.5 Å². The van der Waals surface area contributed by atoms with Crippen molar-refractivity contribution >= 4 is 35.8 Å². The Morgan fingerprint density at radius 2 is 1.45 bits per heavy atom. The van der Waals surface area contributed by atoms with E-state index < -0.39 is 60.4 Å². The van der Waals surface area contributed by atoms with Crippen LogP contribution in [0.4, 0.5) is 30.7 Å². The Kier molecular flexibility index (Phi) is 7.62. The fraction of sp³-hybridized carbons (Fsp3) is 0.250. The van der Waals surface area contributed by atoms with Crippen LogP contribution in [0.15, 0.2) is 24.3 Å². The van der Waals surface area contributed by atoms with E-state index in [4.69, 9.17) is 9.05 Å². The summed E-state index contributed by atoms with van der Waals surface area (Å²) in [6.07, 6.45) is 0. The van der Waals surface area contributed by atoms with Gasteiger partial charge in [0.1, 0.15) is 4.88 Å². The fourth-order valence-corrected chi connectivity index (χ4v) is 4.83. The smallest absolute Gasteiger partial charge is 0.353 e. The van der Waals surface area contributed by atoms with E-state index >= 15 is 0 Å².